The van der Waals surface area contributed by atoms with E-state index in [1.165, 1.54) is 0 Å². The van der Waals surface area contributed by atoms with Crippen LogP contribution in [-0.4, -0.2) is 33.7 Å². The number of carbonyl (C=O) groups is 1. The fourth-order valence-electron chi connectivity index (χ4n) is 2.53. The third kappa shape index (κ3) is 3.00. The van der Waals surface area contributed by atoms with E-state index in [1.54, 1.807) is 19.3 Å². The molecule has 0 radical (unpaired) electrons. The van der Waals surface area contributed by atoms with Crippen molar-refractivity contribution < 1.29 is 14.6 Å². The Morgan fingerprint density at radius 3 is 3.10 bits per heavy atom. The van der Waals surface area contributed by atoms with Gasteiger partial charge in [0.15, 0.2) is 0 Å². The number of aliphatic carboxylic acids is 1. The smallest absolute Gasteiger partial charge is 0.311 e. The van der Waals surface area contributed by atoms with Gasteiger partial charge in [0.2, 0.25) is 5.88 Å². The fourth-order valence-corrected chi connectivity index (χ4v) is 2.53. The maximum atomic E-state index is 11.4. The number of nitrogens with zero attached hydrogens (tertiary/aromatic N) is 2. The highest BCUT2D eigenvalue weighted by atomic mass is 16.5. The molecule has 2 N–H and O–H groups in total. The molecular formula is C14H21N3O3. The quantitative estimate of drug-likeness (QED) is 0.831. The van der Waals surface area contributed by atoms with Crippen molar-refractivity contribution in [3.05, 3.63) is 12.4 Å². The summed E-state index contributed by atoms with van der Waals surface area (Å²) in [5.74, 6) is 0.267. The molecular weight excluding hydrogens is 258 g/mol. The van der Waals surface area contributed by atoms with Crippen LogP contribution in [0.1, 0.15) is 39.5 Å². The molecule has 2 atom stereocenters. The van der Waals surface area contributed by atoms with Crippen molar-refractivity contribution in [1.82, 2.24) is 9.97 Å². The molecule has 1 aromatic rings. The number of nitrogens with one attached hydrogen (secondary N) is 1. The predicted molar refractivity (Wildman–Crippen MR) is 74.8 cm³/mol. The average molecular weight is 279 g/mol. The topological polar surface area (TPSA) is 84.3 Å². The van der Waals surface area contributed by atoms with Crippen LogP contribution >= 0.6 is 0 Å². The SMILES string of the molecule is CCCOc1cncc(NC2CCCC2(C)C(=O)O)n1. The Hall–Kier alpha value is -1.85. The van der Waals surface area contributed by atoms with Crippen LogP contribution in [0.2, 0.25) is 0 Å². The van der Waals surface area contributed by atoms with Crippen LogP contribution in [0, 0.1) is 5.41 Å². The monoisotopic (exact) mass is 279 g/mol. The normalized spacial score (nSPS) is 25.4. The molecule has 1 aliphatic carbocycles. The number of rotatable bonds is 6. The van der Waals surface area contributed by atoms with Crippen molar-refractivity contribution in [1.29, 1.82) is 0 Å². The van der Waals surface area contributed by atoms with E-state index in [0.717, 1.165) is 19.3 Å². The minimum atomic E-state index is -0.765. The first-order chi connectivity index (χ1) is 9.56. The lowest BCUT2D eigenvalue weighted by Gasteiger charge is -2.28. The molecule has 1 fully saturated rings. The van der Waals surface area contributed by atoms with Crippen LogP contribution in [0.25, 0.3) is 0 Å². The van der Waals surface area contributed by atoms with Crippen LogP contribution in [-0.2, 0) is 4.79 Å². The molecule has 1 saturated carbocycles. The summed E-state index contributed by atoms with van der Waals surface area (Å²) < 4.78 is 5.43. The Morgan fingerprint density at radius 1 is 1.60 bits per heavy atom. The molecule has 1 aromatic heterocycles. The molecule has 0 aromatic carbocycles. The Kier molecular flexibility index (Phi) is 4.42. The van der Waals surface area contributed by atoms with Crippen molar-refractivity contribution in [2.24, 2.45) is 5.41 Å². The number of hydrogen-bond acceptors (Lipinski definition) is 5. The van der Waals surface area contributed by atoms with E-state index < -0.39 is 11.4 Å². The maximum Gasteiger partial charge on any atom is 0.311 e. The standard InChI is InChI=1S/C14H21N3O3/c1-3-7-20-12-9-15-8-11(17-12)16-10-5-4-6-14(10,2)13(18)19/h8-10H,3-7H2,1-2H3,(H,16,17)(H,18,19). The second kappa shape index (κ2) is 6.07. The molecule has 2 rings (SSSR count). The Labute approximate surface area is 118 Å². The fraction of sp³-hybridized carbons (Fsp3) is 0.643. The van der Waals surface area contributed by atoms with Gasteiger partial charge >= 0.3 is 5.97 Å². The van der Waals surface area contributed by atoms with E-state index in [1.807, 2.05) is 6.92 Å². The molecule has 110 valence electrons. The van der Waals surface area contributed by atoms with E-state index in [-0.39, 0.29) is 6.04 Å². The molecule has 0 amide bonds. The molecule has 6 nitrogen and oxygen atoms in total. The van der Waals surface area contributed by atoms with Crippen molar-refractivity contribution in [3.8, 4) is 5.88 Å². The van der Waals surface area contributed by atoms with Crippen molar-refractivity contribution in [3.63, 3.8) is 0 Å². The first-order valence-electron chi connectivity index (χ1n) is 7.01. The highest BCUT2D eigenvalue weighted by Gasteiger charge is 2.45. The summed E-state index contributed by atoms with van der Waals surface area (Å²) in [6, 6.07) is -0.129. The minimum absolute atomic E-state index is 0.129. The third-order valence-electron chi connectivity index (χ3n) is 3.84. The van der Waals surface area contributed by atoms with E-state index in [4.69, 9.17) is 4.74 Å². The summed E-state index contributed by atoms with van der Waals surface area (Å²) in [4.78, 5) is 19.8. The Morgan fingerprint density at radius 2 is 2.40 bits per heavy atom. The predicted octanol–water partition coefficient (Wildman–Crippen LogP) is 2.32. The van der Waals surface area contributed by atoms with Crippen molar-refractivity contribution in [2.45, 2.75) is 45.6 Å². The molecule has 1 aliphatic rings. The molecule has 6 heteroatoms. The first kappa shape index (κ1) is 14.6. The number of carboxylic acids is 1. The van der Waals surface area contributed by atoms with Gasteiger partial charge in [-0.25, -0.2) is 0 Å². The summed E-state index contributed by atoms with van der Waals surface area (Å²) in [6.45, 7) is 4.39. The van der Waals surface area contributed by atoms with Gasteiger partial charge in [-0.05, 0) is 26.2 Å². The van der Waals surface area contributed by atoms with Gasteiger partial charge in [0.25, 0.3) is 0 Å². The Balaban J connectivity index is 2.07. The van der Waals surface area contributed by atoms with Crippen molar-refractivity contribution in [2.75, 3.05) is 11.9 Å². The van der Waals surface area contributed by atoms with Gasteiger partial charge in [-0.15, -0.1) is 0 Å². The lowest BCUT2D eigenvalue weighted by Crippen LogP contribution is -2.40. The third-order valence-corrected chi connectivity index (χ3v) is 3.84. The van der Waals surface area contributed by atoms with Gasteiger partial charge in [0, 0.05) is 6.04 Å². The zero-order chi connectivity index (χ0) is 14.6. The molecule has 0 spiro atoms. The number of aromatic nitrogens is 2. The largest absolute Gasteiger partial charge is 0.481 e. The number of carboxylic acid groups (broad SMARTS) is 1. The maximum absolute atomic E-state index is 11.4. The second-order valence-corrected chi connectivity index (χ2v) is 5.40. The molecule has 20 heavy (non-hydrogen) atoms. The lowest BCUT2D eigenvalue weighted by molar-refractivity contribution is -0.147. The van der Waals surface area contributed by atoms with Crippen LogP contribution in [0.15, 0.2) is 12.4 Å². The van der Waals surface area contributed by atoms with E-state index in [2.05, 4.69) is 15.3 Å². The molecule has 0 bridgehead atoms. The van der Waals surface area contributed by atoms with E-state index in [9.17, 15) is 9.90 Å². The van der Waals surface area contributed by atoms with Crippen LogP contribution < -0.4 is 10.1 Å². The number of ether oxygens (including phenoxy) is 1. The van der Waals surface area contributed by atoms with Crippen molar-refractivity contribution >= 4 is 11.8 Å². The van der Waals surface area contributed by atoms with Crippen LogP contribution in [0.3, 0.4) is 0 Å². The summed E-state index contributed by atoms with van der Waals surface area (Å²) in [5.41, 5.74) is -0.748. The van der Waals surface area contributed by atoms with Gasteiger partial charge in [-0.3, -0.25) is 9.78 Å². The van der Waals surface area contributed by atoms with Crippen LogP contribution in [0.4, 0.5) is 5.82 Å². The minimum Gasteiger partial charge on any atom is -0.481 e. The molecule has 2 unspecified atom stereocenters. The van der Waals surface area contributed by atoms with E-state index >= 15 is 0 Å². The van der Waals surface area contributed by atoms with Gasteiger partial charge in [-0.2, -0.15) is 4.98 Å². The number of hydrogen-bond donors (Lipinski definition) is 2. The Bertz CT molecular complexity index is 480. The van der Waals surface area contributed by atoms with Crippen LogP contribution in [0.5, 0.6) is 5.88 Å². The molecule has 1 heterocycles. The van der Waals surface area contributed by atoms with Gasteiger partial charge in [0.1, 0.15) is 5.82 Å². The second-order valence-electron chi connectivity index (χ2n) is 5.40. The zero-order valence-electron chi connectivity index (χ0n) is 11.9. The highest BCUT2D eigenvalue weighted by molar-refractivity contribution is 5.76. The highest BCUT2D eigenvalue weighted by Crippen LogP contribution is 2.39. The van der Waals surface area contributed by atoms with Gasteiger partial charge in [0.05, 0.1) is 24.4 Å². The lowest BCUT2D eigenvalue weighted by atomic mass is 9.85. The molecule has 0 aliphatic heterocycles. The summed E-state index contributed by atoms with van der Waals surface area (Å²) in [7, 11) is 0. The summed E-state index contributed by atoms with van der Waals surface area (Å²) in [5, 5.41) is 12.6. The summed E-state index contributed by atoms with van der Waals surface area (Å²) >= 11 is 0. The first-order valence-corrected chi connectivity index (χ1v) is 7.01. The number of anilines is 1. The van der Waals surface area contributed by atoms with E-state index in [0.29, 0.717) is 24.7 Å². The summed E-state index contributed by atoms with van der Waals surface area (Å²) in [6.07, 6.45) is 6.47. The van der Waals surface area contributed by atoms with Gasteiger partial charge in [-0.1, -0.05) is 13.3 Å². The average Bonchev–Trinajstić information content (AvgIpc) is 2.80. The molecule has 0 saturated heterocycles. The zero-order valence-corrected chi connectivity index (χ0v) is 11.9. The van der Waals surface area contributed by atoms with Gasteiger partial charge < -0.3 is 15.2 Å².